The van der Waals surface area contributed by atoms with E-state index in [1.54, 1.807) is 0 Å². The molecule has 0 aromatic heterocycles. The van der Waals surface area contributed by atoms with Crippen molar-refractivity contribution in [2.24, 2.45) is 10.8 Å². The Morgan fingerprint density at radius 1 is 1.31 bits per heavy atom. The number of allylic oxidation sites excluding steroid dienone is 1. The van der Waals surface area contributed by atoms with Gasteiger partial charge in [-0.2, -0.15) is 0 Å². The van der Waals surface area contributed by atoms with Gasteiger partial charge in [-0.1, -0.05) is 45.8 Å². The minimum Gasteiger partial charge on any atom is -0.0996 e. The highest BCUT2D eigenvalue weighted by Gasteiger charge is 2.34. The molecule has 76 valence electrons. The molecule has 0 aromatic carbocycles. The van der Waals surface area contributed by atoms with E-state index >= 15 is 0 Å². The third-order valence-corrected chi connectivity index (χ3v) is 3.83. The number of hydrogen-bond acceptors (Lipinski definition) is 0. The maximum Gasteiger partial charge on any atom is -0.0145 e. The summed E-state index contributed by atoms with van der Waals surface area (Å²) < 4.78 is 0. The highest BCUT2D eigenvalue weighted by molar-refractivity contribution is 5.05. The summed E-state index contributed by atoms with van der Waals surface area (Å²) in [5, 5.41) is 0. The van der Waals surface area contributed by atoms with E-state index in [0.717, 1.165) is 0 Å². The van der Waals surface area contributed by atoms with Gasteiger partial charge in [0.05, 0.1) is 0 Å². The van der Waals surface area contributed by atoms with E-state index in [1.165, 1.54) is 37.7 Å². The van der Waals surface area contributed by atoms with Crippen molar-refractivity contribution in [2.45, 2.75) is 59.8 Å². The maximum absolute atomic E-state index is 4.10. The molecule has 1 aliphatic rings. The molecule has 0 nitrogen and oxygen atoms in total. The maximum atomic E-state index is 4.10. The molecule has 0 bridgehead atoms. The van der Waals surface area contributed by atoms with Crippen molar-refractivity contribution in [1.29, 1.82) is 0 Å². The zero-order chi connectivity index (χ0) is 10.1. The second kappa shape index (κ2) is 3.48. The molecule has 0 heterocycles. The second-order valence-electron chi connectivity index (χ2n) is 5.86. The first-order valence-corrected chi connectivity index (χ1v) is 5.52. The Morgan fingerprint density at radius 3 is 2.15 bits per heavy atom. The molecule has 0 radical (unpaired) electrons. The molecular weight excluding hydrogens is 156 g/mol. The predicted octanol–water partition coefficient (Wildman–Crippen LogP) is 4.56. The van der Waals surface area contributed by atoms with Crippen molar-refractivity contribution >= 4 is 0 Å². The molecule has 1 saturated carbocycles. The van der Waals surface area contributed by atoms with E-state index in [-0.39, 0.29) is 0 Å². The van der Waals surface area contributed by atoms with Gasteiger partial charge in [-0.15, -0.1) is 0 Å². The van der Waals surface area contributed by atoms with E-state index in [2.05, 4.69) is 34.3 Å². The Morgan fingerprint density at radius 2 is 1.77 bits per heavy atom. The summed E-state index contributed by atoms with van der Waals surface area (Å²) in [6, 6.07) is 0. The van der Waals surface area contributed by atoms with Gasteiger partial charge in [-0.3, -0.25) is 0 Å². The zero-order valence-corrected chi connectivity index (χ0v) is 9.74. The number of hydrogen-bond donors (Lipinski definition) is 0. The lowest BCUT2D eigenvalue weighted by Crippen LogP contribution is -2.23. The highest BCUT2D eigenvalue weighted by atomic mass is 14.4. The average Bonchev–Trinajstić information content (AvgIpc) is 2.34. The quantitative estimate of drug-likeness (QED) is 0.558. The lowest BCUT2D eigenvalue weighted by molar-refractivity contribution is 0.211. The predicted molar refractivity (Wildman–Crippen MR) is 59.8 cm³/mol. The van der Waals surface area contributed by atoms with Crippen molar-refractivity contribution < 1.29 is 0 Å². The van der Waals surface area contributed by atoms with Crippen molar-refractivity contribution in [3.8, 4) is 0 Å². The van der Waals surface area contributed by atoms with Gasteiger partial charge in [0.2, 0.25) is 0 Å². The molecule has 0 N–H and O–H groups in total. The minimum atomic E-state index is 0.332. The van der Waals surface area contributed by atoms with Gasteiger partial charge in [0, 0.05) is 0 Å². The average molecular weight is 180 g/mol. The van der Waals surface area contributed by atoms with Crippen molar-refractivity contribution in [1.82, 2.24) is 0 Å². The van der Waals surface area contributed by atoms with Crippen LogP contribution < -0.4 is 0 Å². The molecule has 0 heteroatoms. The Bertz CT molecular complexity index is 192. The summed E-state index contributed by atoms with van der Waals surface area (Å²) in [7, 11) is 0. The fraction of sp³-hybridized carbons (Fsp3) is 0.846. The molecule has 0 aliphatic heterocycles. The van der Waals surface area contributed by atoms with Gasteiger partial charge in [-0.05, 0) is 37.0 Å². The fourth-order valence-electron chi connectivity index (χ4n) is 2.62. The molecule has 0 unspecified atom stereocenters. The lowest BCUT2D eigenvalue weighted by atomic mass is 9.70. The van der Waals surface area contributed by atoms with Crippen molar-refractivity contribution in [3.63, 3.8) is 0 Å². The molecule has 1 rings (SSSR count). The molecular formula is C13H24. The summed E-state index contributed by atoms with van der Waals surface area (Å²) in [5.41, 5.74) is 2.27. The van der Waals surface area contributed by atoms with E-state index in [9.17, 15) is 0 Å². The van der Waals surface area contributed by atoms with Crippen LogP contribution in [0, 0.1) is 10.8 Å². The Kier molecular flexibility index (Phi) is 2.89. The summed E-state index contributed by atoms with van der Waals surface area (Å²) in [6.07, 6.45) is 7.02. The van der Waals surface area contributed by atoms with Crippen molar-refractivity contribution in [2.75, 3.05) is 0 Å². The summed E-state index contributed by atoms with van der Waals surface area (Å²) in [4.78, 5) is 0. The van der Waals surface area contributed by atoms with Gasteiger partial charge >= 0.3 is 0 Å². The van der Waals surface area contributed by atoms with Crippen molar-refractivity contribution in [3.05, 3.63) is 12.2 Å². The largest absolute Gasteiger partial charge is 0.0996 e. The first-order valence-electron chi connectivity index (χ1n) is 5.52. The molecule has 0 saturated heterocycles. The third kappa shape index (κ3) is 2.59. The SMILES string of the molecule is C=C(C)C(C)(C)CC1(C)CCCC1. The highest BCUT2D eigenvalue weighted by Crippen LogP contribution is 2.47. The van der Waals surface area contributed by atoms with Crippen LogP contribution >= 0.6 is 0 Å². The minimum absolute atomic E-state index is 0.332. The number of rotatable bonds is 3. The topological polar surface area (TPSA) is 0 Å². The normalized spacial score (nSPS) is 21.8. The molecule has 0 spiro atoms. The Labute approximate surface area is 83.4 Å². The molecule has 0 atom stereocenters. The third-order valence-electron chi connectivity index (χ3n) is 3.83. The molecule has 0 amide bonds. The van der Waals surface area contributed by atoms with Crippen LogP contribution in [-0.4, -0.2) is 0 Å². The monoisotopic (exact) mass is 180 g/mol. The lowest BCUT2D eigenvalue weighted by Gasteiger charge is -2.35. The zero-order valence-electron chi connectivity index (χ0n) is 9.74. The van der Waals surface area contributed by atoms with Gasteiger partial charge in [0.15, 0.2) is 0 Å². The summed E-state index contributed by atoms with van der Waals surface area (Å²) >= 11 is 0. The van der Waals surface area contributed by atoms with E-state index in [1.807, 2.05) is 0 Å². The fourth-order valence-corrected chi connectivity index (χ4v) is 2.62. The first kappa shape index (κ1) is 10.8. The summed E-state index contributed by atoms with van der Waals surface area (Å²) in [5.74, 6) is 0. The van der Waals surface area contributed by atoms with Gasteiger partial charge < -0.3 is 0 Å². The van der Waals surface area contributed by atoms with E-state index in [0.29, 0.717) is 10.8 Å². The van der Waals surface area contributed by atoms with Crippen LogP contribution in [0.15, 0.2) is 12.2 Å². The van der Waals surface area contributed by atoms with Crippen LogP contribution in [0.4, 0.5) is 0 Å². The van der Waals surface area contributed by atoms with Gasteiger partial charge in [0.1, 0.15) is 0 Å². The van der Waals surface area contributed by atoms with Gasteiger partial charge in [-0.25, -0.2) is 0 Å². The molecule has 1 aliphatic carbocycles. The van der Waals surface area contributed by atoms with Crippen LogP contribution in [0.1, 0.15) is 59.8 Å². The second-order valence-corrected chi connectivity index (χ2v) is 5.86. The van der Waals surface area contributed by atoms with Crippen LogP contribution in [0.3, 0.4) is 0 Å². The van der Waals surface area contributed by atoms with Gasteiger partial charge in [0.25, 0.3) is 0 Å². The standard InChI is InChI=1S/C13H24/c1-11(2)12(3,4)10-13(5)8-6-7-9-13/h1,6-10H2,2-5H3. The molecule has 13 heavy (non-hydrogen) atoms. The Balaban J connectivity index is 2.61. The van der Waals surface area contributed by atoms with Crippen LogP contribution in [0.2, 0.25) is 0 Å². The summed E-state index contributed by atoms with van der Waals surface area (Å²) in [6.45, 7) is 13.4. The molecule has 1 fully saturated rings. The smallest absolute Gasteiger partial charge is 0.0145 e. The van der Waals surface area contributed by atoms with Crippen LogP contribution in [0.25, 0.3) is 0 Å². The van der Waals surface area contributed by atoms with E-state index < -0.39 is 0 Å². The van der Waals surface area contributed by atoms with E-state index in [4.69, 9.17) is 0 Å². The Hall–Kier alpha value is -0.260. The van der Waals surface area contributed by atoms with Crippen LogP contribution in [-0.2, 0) is 0 Å². The molecule has 0 aromatic rings. The first-order chi connectivity index (χ1) is 5.86. The van der Waals surface area contributed by atoms with Crippen LogP contribution in [0.5, 0.6) is 0 Å².